The van der Waals surface area contributed by atoms with Gasteiger partial charge < -0.3 is 10.5 Å². The molecule has 0 amide bonds. The van der Waals surface area contributed by atoms with E-state index in [1.807, 2.05) is 19.1 Å². The smallest absolute Gasteiger partial charge is 0.124 e. The normalized spacial score (nSPS) is 25.8. The van der Waals surface area contributed by atoms with Crippen LogP contribution >= 0.6 is 15.9 Å². The Hall–Kier alpha value is -0.540. The van der Waals surface area contributed by atoms with Gasteiger partial charge in [0.15, 0.2) is 0 Å². The van der Waals surface area contributed by atoms with Gasteiger partial charge in [-0.2, -0.15) is 0 Å². The molecule has 0 bridgehead atoms. The van der Waals surface area contributed by atoms with Gasteiger partial charge in [-0.1, -0.05) is 22.9 Å². The predicted octanol–water partition coefficient (Wildman–Crippen LogP) is 4.43. The van der Waals surface area contributed by atoms with Crippen LogP contribution in [0.1, 0.15) is 51.1 Å². The second kappa shape index (κ2) is 6.07. The summed E-state index contributed by atoms with van der Waals surface area (Å²) in [5.74, 6) is 1.80. The van der Waals surface area contributed by atoms with Gasteiger partial charge in [0, 0.05) is 16.1 Å². The topological polar surface area (TPSA) is 35.2 Å². The van der Waals surface area contributed by atoms with E-state index in [-0.39, 0.29) is 6.04 Å². The Morgan fingerprint density at radius 1 is 1.28 bits per heavy atom. The Labute approximate surface area is 118 Å². The van der Waals surface area contributed by atoms with E-state index in [1.165, 1.54) is 12.8 Å². The molecule has 1 aliphatic carbocycles. The van der Waals surface area contributed by atoms with Crippen LogP contribution in [0, 0.1) is 5.92 Å². The summed E-state index contributed by atoms with van der Waals surface area (Å²) in [7, 11) is 0. The van der Waals surface area contributed by atoms with Crippen molar-refractivity contribution in [2.45, 2.75) is 51.7 Å². The standard InChI is InChI=1S/C15H22BrNO/c1-10-3-6-13(7-4-10)18-15-8-5-12(16)9-14(15)11(2)17/h5,8-11,13H,3-4,6-7,17H2,1-2H3. The maximum atomic E-state index is 6.15. The number of halogens is 1. The lowest BCUT2D eigenvalue weighted by Gasteiger charge is -2.28. The number of benzene rings is 1. The summed E-state index contributed by atoms with van der Waals surface area (Å²) in [4.78, 5) is 0. The monoisotopic (exact) mass is 311 g/mol. The summed E-state index contributed by atoms with van der Waals surface area (Å²) in [6, 6.07) is 6.11. The van der Waals surface area contributed by atoms with Crippen LogP contribution in [0.5, 0.6) is 5.75 Å². The van der Waals surface area contributed by atoms with E-state index in [0.717, 1.165) is 34.5 Å². The molecular formula is C15H22BrNO. The first-order chi connectivity index (χ1) is 8.56. The first kappa shape index (κ1) is 13.9. The van der Waals surface area contributed by atoms with Gasteiger partial charge >= 0.3 is 0 Å². The highest BCUT2D eigenvalue weighted by Crippen LogP contribution is 2.32. The first-order valence-electron chi connectivity index (χ1n) is 6.78. The molecule has 1 aliphatic rings. The summed E-state index contributed by atoms with van der Waals surface area (Å²) >= 11 is 3.49. The molecule has 1 saturated carbocycles. The van der Waals surface area contributed by atoms with Crippen molar-refractivity contribution in [3.63, 3.8) is 0 Å². The molecule has 0 radical (unpaired) electrons. The van der Waals surface area contributed by atoms with Gasteiger partial charge in [0.25, 0.3) is 0 Å². The maximum Gasteiger partial charge on any atom is 0.124 e. The summed E-state index contributed by atoms with van der Waals surface area (Å²) in [6.45, 7) is 4.32. The minimum absolute atomic E-state index is 0.0000131. The zero-order chi connectivity index (χ0) is 13.1. The molecule has 2 rings (SSSR count). The molecule has 2 N–H and O–H groups in total. The summed E-state index contributed by atoms with van der Waals surface area (Å²) in [6.07, 6.45) is 5.23. The van der Waals surface area contributed by atoms with E-state index in [4.69, 9.17) is 10.5 Å². The molecule has 1 aromatic rings. The fourth-order valence-corrected chi connectivity index (χ4v) is 2.89. The molecule has 1 atom stereocenters. The van der Waals surface area contributed by atoms with Crippen molar-refractivity contribution in [3.05, 3.63) is 28.2 Å². The minimum atomic E-state index is 0.0000131. The Morgan fingerprint density at radius 3 is 2.56 bits per heavy atom. The van der Waals surface area contributed by atoms with Crippen LogP contribution < -0.4 is 10.5 Å². The Bertz CT molecular complexity index is 397. The highest BCUT2D eigenvalue weighted by atomic mass is 79.9. The first-order valence-corrected chi connectivity index (χ1v) is 7.57. The van der Waals surface area contributed by atoms with E-state index < -0.39 is 0 Å². The molecule has 0 aliphatic heterocycles. The Morgan fingerprint density at radius 2 is 1.94 bits per heavy atom. The van der Waals surface area contributed by atoms with Crippen LogP contribution in [0.25, 0.3) is 0 Å². The molecule has 1 aromatic carbocycles. The largest absolute Gasteiger partial charge is 0.490 e. The van der Waals surface area contributed by atoms with Gasteiger partial charge in [-0.05, 0) is 56.7 Å². The summed E-state index contributed by atoms with van der Waals surface area (Å²) in [5.41, 5.74) is 7.10. The SMILES string of the molecule is CC1CCC(Oc2ccc(Br)cc2C(C)N)CC1. The van der Waals surface area contributed by atoms with Crippen LogP contribution in [-0.2, 0) is 0 Å². The number of hydrogen-bond acceptors (Lipinski definition) is 2. The van der Waals surface area contributed by atoms with Crippen molar-refractivity contribution in [2.75, 3.05) is 0 Å². The van der Waals surface area contributed by atoms with E-state index in [2.05, 4.69) is 28.9 Å². The molecule has 100 valence electrons. The lowest BCUT2D eigenvalue weighted by atomic mass is 9.89. The van der Waals surface area contributed by atoms with Crippen molar-refractivity contribution in [1.29, 1.82) is 0 Å². The Balaban J connectivity index is 2.09. The maximum absolute atomic E-state index is 6.15. The molecule has 0 saturated heterocycles. The van der Waals surface area contributed by atoms with E-state index in [0.29, 0.717) is 6.10 Å². The van der Waals surface area contributed by atoms with Crippen molar-refractivity contribution < 1.29 is 4.74 Å². The zero-order valence-electron chi connectivity index (χ0n) is 11.2. The molecule has 0 heterocycles. The van der Waals surface area contributed by atoms with Crippen molar-refractivity contribution >= 4 is 15.9 Å². The Kier molecular flexibility index (Phi) is 4.68. The average Bonchev–Trinajstić information content (AvgIpc) is 2.34. The lowest BCUT2D eigenvalue weighted by molar-refractivity contribution is 0.134. The van der Waals surface area contributed by atoms with Crippen LogP contribution in [-0.4, -0.2) is 6.10 Å². The highest BCUT2D eigenvalue weighted by molar-refractivity contribution is 9.10. The minimum Gasteiger partial charge on any atom is -0.490 e. The molecule has 18 heavy (non-hydrogen) atoms. The molecule has 2 nitrogen and oxygen atoms in total. The third-order valence-electron chi connectivity index (χ3n) is 3.72. The van der Waals surface area contributed by atoms with Gasteiger partial charge in [-0.25, -0.2) is 0 Å². The third-order valence-corrected chi connectivity index (χ3v) is 4.21. The zero-order valence-corrected chi connectivity index (χ0v) is 12.7. The van der Waals surface area contributed by atoms with Gasteiger partial charge in [-0.15, -0.1) is 0 Å². The van der Waals surface area contributed by atoms with Crippen molar-refractivity contribution in [2.24, 2.45) is 11.7 Å². The highest BCUT2D eigenvalue weighted by Gasteiger charge is 2.21. The second-order valence-electron chi connectivity index (χ2n) is 5.47. The lowest BCUT2D eigenvalue weighted by Crippen LogP contribution is -2.24. The van der Waals surface area contributed by atoms with Crippen LogP contribution in [0.2, 0.25) is 0 Å². The number of rotatable bonds is 3. The van der Waals surface area contributed by atoms with E-state index >= 15 is 0 Å². The van der Waals surface area contributed by atoms with Crippen molar-refractivity contribution in [3.8, 4) is 5.75 Å². The fourth-order valence-electron chi connectivity index (χ4n) is 2.51. The van der Waals surface area contributed by atoms with E-state index in [1.54, 1.807) is 0 Å². The fraction of sp³-hybridized carbons (Fsp3) is 0.600. The van der Waals surface area contributed by atoms with Crippen LogP contribution in [0.4, 0.5) is 0 Å². The molecule has 1 unspecified atom stereocenters. The number of nitrogens with two attached hydrogens (primary N) is 1. The van der Waals surface area contributed by atoms with Crippen molar-refractivity contribution in [1.82, 2.24) is 0 Å². The quantitative estimate of drug-likeness (QED) is 0.896. The predicted molar refractivity (Wildman–Crippen MR) is 78.8 cm³/mol. The second-order valence-corrected chi connectivity index (χ2v) is 6.39. The average molecular weight is 312 g/mol. The van der Waals surface area contributed by atoms with Gasteiger partial charge in [0.05, 0.1) is 6.10 Å². The molecule has 1 fully saturated rings. The molecule has 0 aromatic heterocycles. The molecular weight excluding hydrogens is 290 g/mol. The molecule has 3 heteroatoms. The number of hydrogen-bond donors (Lipinski definition) is 1. The number of ether oxygens (including phenoxy) is 1. The summed E-state index contributed by atoms with van der Waals surface area (Å²) in [5, 5.41) is 0. The van der Waals surface area contributed by atoms with Crippen LogP contribution in [0.3, 0.4) is 0 Å². The van der Waals surface area contributed by atoms with Gasteiger partial charge in [0.2, 0.25) is 0 Å². The van der Waals surface area contributed by atoms with E-state index in [9.17, 15) is 0 Å². The molecule has 0 spiro atoms. The third kappa shape index (κ3) is 3.48. The van der Waals surface area contributed by atoms with Gasteiger partial charge in [0.1, 0.15) is 5.75 Å². The summed E-state index contributed by atoms with van der Waals surface area (Å²) < 4.78 is 7.21. The van der Waals surface area contributed by atoms with Gasteiger partial charge in [-0.3, -0.25) is 0 Å². The van der Waals surface area contributed by atoms with Crippen LogP contribution in [0.15, 0.2) is 22.7 Å².